The Hall–Kier alpha value is -1.34. The third kappa shape index (κ3) is 3.40. The van der Waals surface area contributed by atoms with Gasteiger partial charge in [0, 0.05) is 23.7 Å². The fraction of sp³-hybridized carbons (Fsp3) is 0.538. The van der Waals surface area contributed by atoms with E-state index in [1.54, 1.807) is 6.07 Å². The van der Waals surface area contributed by atoms with E-state index < -0.39 is 4.92 Å². The van der Waals surface area contributed by atoms with Crippen LogP contribution in [-0.4, -0.2) is 31.4 Å². The Morgan fingerprint density at radius 1 is 1.40 bits per heavy atom. The van der Waals surface area contributed by atoms with Crippen LogP contribution >= 0.6 is 15.9 Å². The van der Waals surface area contributed by atoms with Crippen molar-refractivity contribution < 1.29 is 19.1 Å². The van der Waals surface area contributed by atoms with Gasteiger partial charge in [-0.1, -0.05) is 15.9 Å². The predicted molar refractivity (Wildman–Crippen MR) is 76.7 cm³/mol. The zero-order valence-corrected chi connectivity index (χ0v) is 12.7. The molecule has 2 rings (SSSR count). The first-order chi connectivity index (χ1) is 9.65. The van der Waals surface area contributed by atoms with Gasteiger partial charge in [-0.05, 0) is 6.07 Å². The highest BCUT2D eigenvalue weighted by molar-refractivity contribution is 9.08. The molecule has 1 aromatic carbocycles. The van der Waals surface area contributed by atoms with Gasteiger partial charge in [-0.15, -0.1) is 0 Å². The van der Waals surface area contributed by atoms with Crippen LogP contribution in [0.25, 0.3) is 0 Å². The maximum Gasteiger partial charge on any atom is 0.277 e. The summed E-state index contributed by atoms with van der Waals surface area (Å²) >= 11 is 3.25. The minimum atomic E-state index is -0.410. The van der Waals surface area contributed by atoms with Crippen molar-refractivity contribution in [1.29, 1.82) is 0 Å². The standard InChI is InChI=1S/C13H16BrNO5/c1-18-12-6-9(8-14)11(15(16)17)7-13(12)20-10-2-4-19-5-3-10/h6-7,10H,2-5,8H2,1H3. The Balaban J connectivity index is 2.29. The van der Waals surface area contributed by atoms with Crippen LogP contribution in [0.2, 0.25) is 0 Å². The second-order valence-electron chi connectivity index (χ2n) is 4.45. The largest absolute Gasteiger partial charge is 0.493 e. The summed E-state index contributed by atoms with van der Waals surface area (Å²) in [5.41, 5.74) is 0.593. The van der Waals surface area contributed by atoms with E-state index in [2.05, 4.69) is 15.9 Å². The van der Waals surface area contributed by atoms with Crippen molar-refractivity contribution >= 4 is 21.6 Å². The number of alkyl halides is 1. The number of hydrogen-bond acceptors (Lipinski definition) is 5. The normalized spacial score (nSPS) is 15.9. The van der Waals surface area contributed by atoms with Gasteiger partial charge in [-0.2, -0.15) is 0 Å². The molecule has 1 aliphatic heterocycles. The number of rotatable bonds is 5. The second kappa shape index (κ2) is 6.90. The number of nitro benzene ring substituents is 1. The zero-order valence-electron chi connectivity index (χ0n) is 11.1. The highest BCUT2D eigenvalue weighted by atomic mass is 79.9. The lowest BCUT2D eigenvalue weighted by Crippen LogP contribution is -2.26. The summed E-state index contributed by atoms with van der Waals surface area (Å²) in [4.78, 5) is 10.7. The lowest BCUT2D eigenvalue weighted by Gasteiger charge is -2.24. The van der Waals surface area contributed by atoms with Crippen molar-refractivity contribution in [2.24, 2.45) is 0 Å². The molecular formula is C13H16BrNO5. The quantitative estimate of drug-likeness (QED) is 0.466. The predicted octanol–water partition coefficient (Wildman–Crippen LogP) is 3.06. The number of halogens is 1. The van der Waals surface area contributed by atoms with Gasteiger partial charge in [0.15, 0.2) is 11.5 Å². The Kier molecular flexibility index (Phi) is 5.19. The number of nitro groups is 1. The van der Waals surface area contributed by atoms with Gasteiger partial charge in [0.1, 0.15) is 6.10 Å². The van der Waals surface area contributed by atoms with Gasteiger partial charge >= 0.3 is 0 Å². The second-order valence-corrected chi connectivity index (χ2v) is 5.01. The van der Waals surface area contributed by atoms with Crippen molar-refractivity contribution in [2.45, 2.75) is 24.3 Å². The minimum absolute atomic E-state index is 0.00655. The molecule has 0 aliphatic carbocycles. The number of ether oxygens (including phenoxy) is 3. The molecule has 1 aliphatic rings. The topological polar surface area (TPSA) is 70.8 Å². The molecule has 1 aromatic rings. The Morgan fingerprint density at radius 3 is 2.65 bits per heavy atom. The van der Waals surface area contributed by atoms with Crippen LogP contribution in [0.3, 0.4) is 0 Å². The van der Waals surface area contributed by atoms with Gasteiger partial charge in [0.25, 0.3) is 5.69 Å². The molecule has 1 saturated heterocycles. The molecule has 0 bridgehead atoms. The molecule has 0 aromatic heterocycles. The van der Waals surface area contributed by atoms with E-state index in [-0.39, 0.29) is 11.8 Å². The summed E-state index contributed by atoms with van der Waals surface area (Å²) < 4.78 is 16.4. The molecule has 110 valence electrons. The minimum Gasteiger partial charge on any atom is -0.493 e. The Bertz CT molecular complexity index is 488. The van der Waals surface area contributed by atoms with Crippen LogP contribution < -0.4 is 9.47 Å². The van der Waals surface area contributed by atoms with E-state index in [4.69, 9.17) is 14.2 Å². The van der Waals surface area contributed by atoms with Crippen molar-refractivity contribution in [3.8, 4) is 11.5 Å². The molecule has 0 unspecified atom stereocenters. The van der Waals surface area contributed by atoms with E-state index >= 15 is 0 Å². The summed E-state index contributed by atoms with van der Waals surface area (Å²) in [6.45, 7) is 1.29. The van der Waals surface area contributed by atoms with Crippen LogP contribution in [-0.2, 0) is 10.1 Å². The van der Waals surface area contributed by atoms with Crippen LogP contribution in [0, 0.1) is 10.1 Å². The van der Waals surface area contributed by atoms with E-state index in [0.717, 1.165) is 12.8 Å². The van der Waals surface area contributed by atoms with Crippen LogP contribution in [0.5, 0.6) is 11.5 Å². The smallest absolute Gasteiger partial charge is 0.277 e. The van der Waals surface area contributed by atoms with E-state index in [9.17, 15) is 10.1 Å². The third-order valence-corrected chi connectivity index (χ3v) is 3.77. The summed E-state index contributed by atoms with van der Waals surface area (Å²) in [6, 6.07) is 3.08. The van der Waals surface area contributed by atoms with Crippen molar-refractivity contribution in [1.82, 2.24) is 0 Å². The molecule has 1 heterocycles. The van der Waals surface area contributed by atoms with E-state index in [1.807, 2.05) is 0 Å². The number of methoxy groups -OCH3 is 1. The van der Waals surface area contributed by atoms with Crippen molar-refractivity contribution in [3.05, 3.63) is 27.8 Å². The molecule has 0 atom stereocenters. The average molecular weight is 346 g/mol. The summed E-state index contributed by atoms with van der Waals surface area (Å²) in [6.07, 6.45) is 1.56. The van der Waals surface area contributed by atoms with Gasteiger partial charge in [-0.3, -0.25) is 10.1 Å². The molecule has 0 amide bonds. The number of nitrogens with zero attached hydrogens (tertiary/aromatic N) is 1. The van der Waals surface area contributed by atoms with Crippen molar-refractivity contribution in [2.75, 3.05) is 20.3 Å². The van der Waals surface area contributed by atoms with E-state index in [1.165, 1.54) is 13.2 Å². The monoisotopic (exact) mass is 345 g/mol. The van der Waals surface area contributed by atoms with Gasteiger partial charge in [0.05, 0.1) is 31.3 Å². The lowest BCUT2D eigenvalue weighted by atomic mass is 10.1. The van der Waals surface area contributed by atoms with Crippen LogP contribution in [0.4, 0.5) is 5.69 Å². The number of hydrogen-bond donors (Lipinski definition) is 0. The van der Waals surface area contributed by atoms with Gasteiger partial charge in [-0.25, -0.2) is 0 Å². The summed E-state index contributed by atoms with van der Waals surface area (Å²) in [5, 5.41) is 11.5. The Labute approximate surface area is 125 Å². The Morgan fingerprint density at radius 2 is 2.10 bits per heavy atom. The van der Waals surface area contributed by atoms with Crippen LogP contribution in [0.15, 0.2) is 12.1 Å². The number of benzene rings is 1. The fourth-order valence-corrected chi connectivity index (χ4v) is 2.54. The first kappa shape index (κ1) is 15.1. The molecule has 0 spiro atoms. The SMILES string of the molecule is COc1cc(CBr)c([N+](=O)[O-])cc1OC1CCOCC1. The average Bonchev–Trinajstić information content (AvgIpc) is 2.47. The van der Waals surface area contributed by atoms with Crippen LogP contribution in [0.1, 0.15) is 18.4 Å². The molecule has 0 radical (unpaired) electrons. The molecule has 7 heteroatoms. The first-order valence-corrected chi connectivity index (χ1v) is 7.43. The zero-order chi connectivity index (χ0) is 14.5. The maximum absolute atomic E-state index is 11.1. The highest BCUT2D eigenvalue weighted by Crippen LogP contribution is 2.36. The van der Waals surface area contributed by atoms with E-state index in [0.29, 0.717) is 35.6 Å². The fourth-order valence-electron chi connectivity index (χ4n) is 2.09. The molecule has 0 saturated carbocycles. The summed E-state index contributed by atoms with van der Waals surface area (Å²) in [5.74, 6) is 0.923. The molecule has 20 heavy (non-hydrogen) atoms. The third-order valence-electron chi connectivity index (χ3n) is 3.17. The highest BCUT2D eigenvalue weighted by Gasteiger charge is 2.22. The molecular weight excluding hydrogens is 330 g/mol. The first-order valence-electron chi connectivity index (χ1n) is 6.31. The maximum atomic E-state index is 11.1. The van der Waals surface area contributed by atoms with Gasteiger partial charge < -0.3 is 14.2 Å². The molecule has 1 fully saturated rings. The molecule has 6 nitrogen and oxygen atoms in total. The van der Waals surface area contributed by atoms with Gasteiger partial charge in [0.2, 0.25) is 0 Å². The lowest BCUT2D eigenvalue weighted by molar-refractivity contribution is -0.385. The van der Waals surface area contributed by atoms with Crippen molar-refractivity contribution in [3.63, 3.8) is 0 Å². The molecule has 0 N–H and O–H groups in total. The summed E-state index contributed by atoms with van der Waals surface area (Å²) in [7, 11) is 1.52.